The van der Waals surface area contributed by atoms with Crippen LogP contribution in [0.2, 0.25) is 0 Å². The lowest BCUT2D eigenvalue weighted by molar-refractivity contribution is 0.0481. The maximum Gasteiger partial charge on any atom is 0.408 e. The summed E-state index contributed by atoms with van der Waals surface area (Å²) in [6.45, 7) is 6.64. The first-order valence-corrected chi connectivity index (χ1v) is 6.09. The quantitative estimate of drug-likeness (QED) is 0.887. The number of aryl methyl sites for hydroxylation is 1. The van der Waals surface area contributed by atoms with Crippen molar-refractivity contribution < 1.29 is 19.0 Å². The summed E-state index contributed by atoms with van der Waals surface area (Å²) in [6.07, 6.45) is -0.645. The molecule has 0 heterocycles. The molecule has 0 aliphatic carbocycles. The molecule has 0 aliphatic rings. The van der Waals surface area contributed by atoms with Gasteiger partial charge in [0.1, 0.15) is 11.4 Å². The van der Waals surface area contributed by atoms with Gasteiger partial charge in [-0.15, -0.1) is 0 Å². The topological polar surface area (TPSA) is 58.6 Å². The Bertz CT molecular complexity index is 434. The van der Waals surface area contributed by atoms with E-state index in [2.05, 4.69) is 5.32 Å². The zero-order chi connectivity index (χ0) is 14.6. The Morgan fingerprint density at radius 1 is 1.42 bits per heavy atom. The molecule has 0 fully saturated rings. The Morgan fingerprint density at radius 2 is 2.05 bits per heavy atom. The standard InChI is InChI=1S/C14H20FNO3/c1-9-5-10(7-11(15)6-9)12(8-17)16-13(18)19-14(2,3)4/h5-7,12,17H,8H2,1-4H3,(H,16,18)/t12-/m1/s1. The number of benzene rings is 1. The zero-order valence-corrected chi connectivity index (χ0v) is 11.7. The van der Waals surface area contributed by atoms with E-state index < -0.39 is 23.6 Å². The summed E-state index contributed by atoms with van der Waals surface area (Å²) in [4.78, 5) is 11.6. The number of hydrogen-bond acceptors (Lipinski definition) is 3. The van der Waals surface area contributed by atoms with Crippen LogP contribution in [0.25, 0.3) is 0 Å². The minimum Gasteiger partial charge on any atom is -0.444 e. The summed E-state index contributed by atoms with van der Waals surface area (Å²) in [5.41, 5.74) is 0.604. The summed E-state index contributed by atoms with van der Waals surface area (Å²) in [5, 5.41) is 11.8. The fourth-order valence-corrected chi connectivity index (χ4v) is 1.65. The number of alkyl carbamates (subject to hydrolysis) is 1. The van der Waals surface area contributed by atoms with E-state index in [0.717, 1.165) is 5.56 Å². The van der Waals surface area contributed by atoms with Gasteiger partial charge < -0.3 is 15.2 Å². The molecule has 2 N–H and O–H groups in total. The summed E-state index contributed by atoms with van der Waals surface area (Å²) in [5.74, 6) is -0.403. The fourth-order valence-electron chi connectivity index (χ4n) is 1.65. The Balaban J connectivity index is 2.81. The number of hydrogen-bond donors (Lipinski definition) is 2. The normalized spacial score (nSPS) is 12.9. The van der Waals surface area contributed by atoms with Crippen molar-refractivity contribution in [3.8, 4) is 0 Å². The van der Waals surface area contributed by atoms with Crippen LogP contribution < -0.4 is 5.32 Å². The van der Waals surface area contributed by atoms with E-state index in [1.54, 1.807) is 33.8 Å². The average Bonchev–Trinajstić information content (AvgIpc) is 2.21. The minimum atomic E-state index is -0.691. The van der Waals surface area contributed by atoms with Gasteiger partial charge >= 0.3 is 6.09 Å². The highest BCUT2D eigenvalue weighted by Gasteiger charge is 2.20. The van der Waals surface area contributed by atoms with E-state index >= 15 is 0 Å². The Hall–Kier alpha value is -1.62. The second-order valence-corrected chi connectivity index (χ2v) is 5.44. The van der Waals surface area contributed by atoms with Gasteiger partial charge in [0.05, 0.1) is 12.6 Å². The van der Waals surface area contributed by atoms with Gasteiger partial charge in [-0.25, -0.2) is 9.18 Å². The van der Waals surface area contributed by atoms with Crippen molar-refractivity contribution >= 4 is 6.09 Å². The molecule has 0 radical (unpaired) electrons. The van der Waals surface area contributed by atoms with Crippen molar-refractivity contribution in [3.63, 3.8) is 0 Å². The fraction of sp³-hybridized carbons (Fsp3) is 0.500. The van der Waals surface area contributed by atoms with Gasteiger partial charge in [0.2, 0.25) is 0 Å². The van der Waals surface area contributed by atoms with Crippen LogP contribution in [0, 0.1) is 12.7 Å². The van der Waals surface area contributed by atoms with E-state index in [4.69, 9.17) is 4.74 Å². The molecule has 0 aromatic heterocycles. The largest absolute Gasteiger partial charge is 0.444 e. The molecular formula is C14H20FNO3. The predicted octanol–water partition coefficient (Wildman–Crippen LogP) is 2.69. The number of aliphatic hydroxyl groups excluding tert-OH is 1. The van der Waals surface area contributed by atoms with Crippen molar-refractivity contribution in [2.24, 2.45) is 0 Å². The first kappa shape index (κ1) is 15.4. The van der Waals surface area contributed by atoms with Crippen molar-refractivity contribution in [2.45, 2.75) is 39.3 Å². The molecule has 1 aromatic rings. The van der Waals surface area contributed by atoms with Gasteiger partial charge in [0.25, 0.3) is 0 Å². The zero-order valence-electron chi connectivity index (χ0n) is 11.7. The van der Waals surface area contributed by atoms with Crippen molar-refractivity contribution in [3.05, 3.63) is 35.1 Å². The third-order valence-corrected chi connectivity index (χ3v) is 2.34. The third-order valence-electron chi connectivity index (χ3n) is 2.34. The van der Waals surface area contributed by atoms with Crippen LogP contribution in [0.1, 0.15) is 37.9 Å². The third kappa shape index (κ3) is 5.26. The molecule has 0 bridgehead atoms. The summed E-state index contributed by atoms with van der Waals surface area (Å²) < 4.78 is 18.4. The van der Waals surface area contributed by atoms with Crippen LogP contribution in [0.4, 0.5) is 9.18 Å². The molecule has 5 heteroatoms. The first-order valence-electron chi connectivity index (χ1n) is 6.09. The summed E-state index contributed by atoms with van der Waals surface area (Å²) in [6, 6.07) is 3.68. The van der Waals surface area contributed by atoms with Gasteiger partial charge in [-0.05, 0) is 51.0 Å². The Labute approximate surface area is 112 Å². The highest BCUT2D eigenvalue weighted by molar-refractivity contribution is 5.68. The number of carbonyl (C=O) groups excluding carboxylic acids is 1. The molecule has 106 valence electrons. The molecule has 0 spiro atoms. The van der Waals surface area contributed by atoms with Gasteiger partial charge in [-0.2, -0.15) is 0 Å². The number of rotatable bonds is 3. The number of halogens is 1. The van der Waals surface area contributed by atoms with E-state index in [0.29, 0.717) is 5.56 Å². The second-order valence-electron chi connectivity index (χ2n) is 5.44. The van der Waals surface area contributed by atoms with Gasteiger partial charge in [-0.1, -0.05) is 6.07 Å². The molecule has 1 rings (SSSR count). The van der Waals surface area contributed by atoms with E-state index in [-0.39, 0.29) is 6.61 Å². The van der Waals surface area contributed by atoms with Crippen LogP contribution in [0.15, 0.2) is 18.2 Å². The number of nitrogens with one attached hydrogen (secondary N) is 1. The summed E-state index contributed by atoms with van der Waals surface area (Å²) >= 11 is 0. The van der Waals surface area contributed by atoms with Gasteiger partial charge in [0, 0.05) is 0 Å². The Morgan fingerprint density at radius 3 is 2.53 bits per heavy atom. The maximum atomic E-state index is 13.3. The SMILES string of the molecule is Cc1cc(F)cc([C@@H](CO)NC(=O)OC(C)(C)C)c1. The van der Waals surface area contributed by atoms with E-state index in [1.165, 1.54) is 12.1 Å². The highest BCUT2D eigenvalue weighted by Crippen LogP contribution is 2.17. The number of amides is 1. The molecule has 1 atom stereocenters. The molecule has 4 nitrogen and oxygen atoms in total. The van der Waals surface area contributed by atoms with Crippen LogP contribution >= 0.6 is 0 Å². The predicted molar refractivity (Wildman–Crippen MR) is 70.3 cm³/mol. The van der Waals surface area contributed by atoms with Gasteiger partial charge in [-0.3, -0.25) is 0 Å². The summed E-state index contributed by atoms with van der Waals surface area (Å²) in [7, 11) is 0. The average molecular weight is 269 g/mol. The van der Waals surface area contributed by atoms with Crippen molar-refractivity contribution in [2.75, 3.05) is 6.61 Å². The maximum absolute atomic E-state index is 13.3. The lowest BCUT2D eigenvalue weighted by atomic mass is 10.0. The molecule has 0 saturated carbocycles. The van der Waals surface area contributed by atoms with Crippen LogP contribution in [0.5, 0.6) is 0 Å². The lowest BCUT2D eigenvalue weighted by Gasteiger charge is -2.23. The molecule has 0 aliphatic heterocycles. The van der Waals surface area contributed by atoms with Crippen LogP contribution in [-0.4, -0.2) is 23.4 Å². The molecule has 0 saturated heterocycles. The molecule has 19 heavy (non-hydrogen) atoms. The Kier molecular flexibility index (Phi) is 4.89. The van der Waals surface area contributed by atoms with E-state index in [9.17, 15) is 14.3 Å². The molecule has 1 aromatic carbocycles. The van der Waals surface area contributed by atoms with Crippen LogP contribution in [0.3, 0.4) is 0 Å². The highest BCUT2D eigenvalue weighted by atomic mass is 19.1. The van der Waals surface area contributed by atoms with Crippen molar-refractivity contribution in [1.29, 1.82) is 0 Å². The first-order chi connectivity index (χ1) is 8.71. The van der Waals surface area contributed by atoms with Crippen molar-refractivity contribution in [1.82, 2.24) is 5.32 Å². The van der Waals surface area contributed by atoms with E-state index in [1.807, 2.05) is 0 Å². The minimum absolute atomic E-state index is 0.331. The number of carbonyl (C=O) groups is 1. The number of aliphatic hydroxyl groups is 1. The van der Waals surface area contributed by atoms with Gasteiger partial charge in [0.15, 0.2) is 0 Å². The number of ether oxygens (including phenoxy) is 1. The smallest absolute Gasteiger partial charge is 0.408 e. The molecular weight excluding hydrogens is 249 g/mol. The monoisotopic (exact) mass is 269 g/mol. The molecule has 0 unspecified atom stereocenters. The lowest BCUT2D eigenvalue weighted by Crippen LogP contribution is -2.36. The second kappa shape index (κ2) is 6.02. The van der Waals surface area contributed by atoms with Crippen LogP contribution in [-0.2, 0) is 4.74 Å². The molecule has 1 amide bonds.